The number of hydrogen-bond donors (Lipinski definition) is 1. The average Bonchev–Trinajstić information content (AvgIpc) is 2.28. The number of likely N-dealkylation sites (N-methyl/N-ethyl adjacent to an activating group) is 1. The molecule has 5 heteroatoms. The van der Waals surface area contributed by atoms with Crippen molar-refractivity contribution in [1.82, 2.24) is 9.88 Å². The van der Waals surface area contributed by atoms with Crippen molar-refractivity contribution in [2.24, 2.45) is 5.16 Å². The predicted molar refractivity (Wildman–Crippen MR) is 62.3 cm³/mol. The SMILES string of the molecule is CC(=NO)c1cccc(OCCN(C)C)n1. The van der Waals surface area contributed by atoms with E-state index in [1.165, 1.54) is 0 Å². The van der Waals surface area contributed by atoms with Crippen molar-refractivity contribution in [3.05, 3.63) is 23.9 Å². The zero-order chi connectivity index (χ0) is 12.0. The van der Waals surface area contributed by atoms with E-state index in [1.807, 2.05) is 25.1 Å². The third kappa shape index (κ3) is 3.86. The lowest BCUT2D eigenvalue weighted by Gasteiger charge is -2.10. The van der Waals surface area contributed by atoms with Gasteiger partial charge in [0.05, 0.1) is 5.69 Å². The second-order valence-electron chi connectivity index (χ2n) is 3.70. The standard InChI is InChI=1S/C11H17N3O2/c1-9(13-15)10-5-4-6-11(12-10)16-8-7-14(2)3/h4-6,15H,7-8H2,1-3H3. The highest BCUT2D eigenvalue weighted by Gasteiger charge is 2.02. The molecule has 0 saturated heterocycles. The summed E-state index contributed by atoms with van der Waals surface area (Å²) in [7, 11) is 3.96. The first kappa shape index (κ1) is 12.4. The lowest BCUT2D eigenvalue weighted by Crippen LogP contribution is -2.19. The third-order valence-corrected chi connectivity index (χ3v) is 2.03. The molecule has 1 aromatic rings. The maximum atomic E-state index is 8.63. The van der Waals surface area contributed by atoms with Gasteiger partial charge in [0.1, 0.15) is 12.3 Å². The van der Waals surface area contributed by atoms with E-state index >= 15 is 0 Å². The second-order valence-corrected chi connectivity index (χ2v) is 3.70. The zero-order valence-electron chi connectivity index (χ0n) is 9.84. The highest BCUT2D eigenvalue weighted by atomic mass is 16.5. The molecule has 5 nitrogen and oxygen atoms in total. The molecule has 0 aliphatic carbocycles. The van der Waals surface area contributed by atoms with Crippen LogP contribution in [-0.4, -0.2) is 48.0 Å². The van der Waals surface area contributed by atoms with Crippen LogP contribution in [0.1, 0.15) is 12.6 Å². The summed E-state index contributed by atoms with van der Waals surface area (Å²) >= 11 is 0. The molecule has 1 rings (SSSR count). The molecule has 0 aliphatic rings. The van der Waals surface area contributed by atoms with Gasteiger partial charge >= 0.3 is 0 Å². The van der Waals surface area contributed by atoms with Gasteiger partial charge in [0, 0.05) is 12.6 Å². The number of nitrogens with zero attached hydrogens (tertiary/aromatic N) is 3. The van der Waals surface area contributed by atoms with Crippen LogP contribution in [0.2, 0.25) is 0 Å². The molecule has 16 heavy (non-hydrogen) atoms. The molecule has 1 heterocycles. The van der Waals surface area contributed by atoms with Crippen LogP contribution in [0, 0.1) is 0 Å². The van der Waals surface area contributed by atoms with Gasteiger partial charge in [-0.25, -0.2) is 4.98 Å². The normalized spacial score (nSPS) is 11.9. The Labute approximate surface area is 95.4 Å². The number of pyridine rings is 1. The van der Waals surface area contributed by atoms with Gasteiger partial charge in [-0.2, -0.15) is 0 Å². The number of ether oxygens (including phenoxy) is 1. The average molecular weight is 223 g/mol. The van der Waals surface area contributed by atoms with E-state index in [0.29, 0.717) is 23.9 Å². The molecule has 0 aromatic carbocycles. The first-order chi connectivity index (χ1) is 7.63. The van der Waals surface area contributed by atoms with Gasteiger partial charge in [-0.3, -0.25) is 0 Å². The van der Waals surface area contributed by atoms with E-state index in [4.69, 9.17) is 9.94 Å². The Morgan fingerprint density at radius 1 is 1.50 bits per heavy atom. The van der Waals surface area contributed by atoms with Crippen LogP contribution < -0.4 is 4.74 Å². The van der Waals surface area contributed by atoms with E-state index in [2.05, 4.69) is 10.1 Å². The van der Waals surface area contributed by atoms with Crippen molar-refractivity contribution in [1.29, 1.82) is 0 Å². The van der Waals surface area contributed by atoms with Gasteiger partial charge < -0.3 is 14.8 Å². The lowest BCUT2D eigenvalue weighted by molar-refractivity contribution is 0.253. The van der Waals surface area contributed by atoms with Gasteiger partial charge in [-0.15, -0.1) is 0 Å². The van der Waals surface area contributed by atoms with Crippen molar-refractivity contribution in [3.8, 4) is 5.88 Å². The van der Waals surface area contributed by atoms with Gasteiger partial charge in [-0.05, 0) is 27.1 Å². The van der Waals surface area contributed by atoms with Crippen molar-refractivity contribution in [2.45, 2.75) is 6.92 Å². The largest absolute Gasteiger partial charge is 0.476 e. The molecular formula is C11H17N3O2. The first-order valence-electron chi connectivity index (χ1n) is 5.07. The first-order valence-corrected chi connectivity index (χ1v) is 5.07. The molecule has 1 aromatic heterocycles. The Kier molecular flexibility index (Phi) is 4.72. The van der Waals surface area contributed by atoms with Crippen molar-refractivity contribution in [3.63, 3.8) is 0 Å². The van der Waals surface area contributed by atoms with E-state index in [9.17, 15) is 0 Å². The number of hydrogen-bond acceptors (Lipinski definition) is 5. The summed E-state index contributed by atoms with van der Waals surface area (Å²) in [6.45, 7) is 3.10. The van der Waals surface area contributed by atoms with Gasteiger partial charge in [0.15, 0.2) is 0 Å². The van der Waals surface area contributed by atoms with Crippen molar-refractivity contribution in [2.75, 3.05) is 27.2 Å². The fourth-order valence-electron chi connectivity index (χ4n) is 1.08. The maximum Gasteiger partial charge on any atom is 0.213 e. The van der Waals surface area contributed by atoms with Crippen LogP contribution in [0.5, 0.6) is 5.88 Å². The molecule has 0 aliphatic heterocycles. The number of oxime groups is 1. The predicted octanol–water partition coefficient (Wildman–Crippen LogP) is 1.22. The molecule has 0 unspecified atom stereocenters. The molecule has 0 spiro atoms. The summed E-state index contributed by atoms with van der Waals surface area (Å²) in [5.74, 6) is 0.544. The van der Waals surface area contributed by atoms with E-state index in [1.54, 1.807) is 19.1 Å². The van der Waals surface area contributed by atoms with Crippen LogP contribution >= 0.6 is 0 Å². The van der Waals surface area contributed by atoms with Gasteiger partial charge in [-0.1, -0.05) is 11.2 Å². The Morgan fingerprint density at radius 3 is 2.88 bits per heavy atom. The highest BCUT2D eigenvalue weighted by molar-refractivity contribution is 5.96. The van der Waals surface area contributed by atoms with Gasteiger partial charge in [0.2, 0.25) is 5.88 Å². The van der Waals surface area contributed by atoms with E-state index < -0.39 is 0 Å². The van der Waals surface area contributed by atoms with Crippen LogP contribution in [0.4, 0.5) is 0 Å². The maximum absolute atomic E-state index is 8.63. The second kappa shape index (κ2) is 6.07. The number of rotatable bonds is 5. The topological polar surface area (TPSA) is 58.0 Å². The summed E-state index contributed by atoms with van der Waals surface area (Å²) in [4.78, 5) is 6.24. The molecule has 0 atom stereocenters. The molecular weight excluding hydrogens is 206 g/mol. The highest BCUT2D eigenvalue weighted by Crippen LogP contribution is 2.08. The van der Waals surface area contributed by atoms with Gasteiger partial charge in [0.25, 0.3) is 0 Å². The Bertz CT molecular complexity index is 364. The van der Waals surface area contributed by atoms with Crippen LogP contribution in [-0.2, 0) is 0 Å². The van der Waals surface area contributed by atoms with Crippen LogP contribution in [0.3, 0.4) is 0 Å². The quantitative estimate of drug-likeness (QED) is 0.463. The minimum Gasteiger partial charge on any atom is -0.476 e. The fourth-order valence-corrected chi connectivity index (χ4v) is 1.08. The Balaban J connectivity index is 2.61. The molecule has 0 amide bonds. The smallest absolute Gasteiger partial charge is 0.213 e. The minimum absolute atomic E-state index is 0.470. The Hall–Kier alpha value is -1.62. The van der Waals surface area contributed by atoms with E-state index in [-0.39, 0.29) is 0 Å². The number of aromatic nitrogens is 1. The minimum atomic E-state index is 0.470. The zero-order valence-corrected chi connectivity index (χ0v) is 9.84. The molecule has 0 saturated carbocycles. The van der Waals surface area contributed by atoms with Crippen LogP contribution in [0.25, 0.3) is 0 Å². The molecule has 0 bridgehead atoms. The monoisotopic (exact) mass is 223 g/mol. The molecule has 0 radical (unpaired) electrons. The summed E-state index contributed by atoms with van der Waals surface area (Å²) < 4.78 is 5.46. The molecule has 1 N–H and O–H groups in total. The van der Waals surface area contributed by atoms with Crippen molar-refractivity contribution >= 4 is 5.71 Å². The molecule has 88 valence electrons. The fraction of sp³-hybridized carbons (Fsp3) is 0.455. The van der Waals surface area contributed by atoms with E-state index in [0.717, 1.165) is 6.54 Å². The molecule has 0 fully saturated rings. The van der Waals surface area contributed by atoms with Crippen LogP contribution in [0.15, 0.2) is 23.4 Å². The summed E-state index contributed by atoms with van der Waals surface area (Å²) in [5, 5.41) is 11.7. The Morgan fingerprint density at radius 2 is 2.25 bits per heavy atom. The van der Waals surface area contributed by atoms with Crippen molar-refractivity contribution < 1.29 is 9.94 Å². The lowest BCUT2D eigenvalue weighted by atomic mass is 10.2. The summed E-state index contributed by atoms with van der Waals surface area (Å²) in [5.41, 5.74) is 1.09. The summed E-state index contributed by atoms with van der Waals surface area (Å²) in [6, 6.07) is 5.37. The third-order valence-electron chi connectivity index (χ3n) is 2.03. The summed E-state index contributed by atoms with van der Waals surface area (Å²) in [6.07, 6.45) is 0.